The van der Waals surface area contributed by atoms with Crippen molar-refractivity contribution in [2.75, 3.05) is 6.61 Å². The van der Waals surface area contributed by atoms with Crippen molar-refractivity contribution in [3.05, 3.63) is 0 Å². The molecule has 0 aromatic carbocycles. The fourth-order valence-corrected chi connectivity index (χ4v) is 3.68. The molecule has 0 heterocycles. The monoisotopic (exact) mass is 512 g/mol. The minimum Gasteiger partial charge on any atom is -0.371 e. The first-order valence-electron chi connectivity index (χ1n) is 8.56. The van der Waals surface area contributed by atoms with E-state index in [4.69, 9.17) is 0 Å². The molecule has 2 saturated carbocycles. The molecule has 0 unspecified atom stereocenters. The summed E-state index contributed by atoms with van der Waals surface area (Å²) in [5, 5.41) is 0. The van der Waals surface area contributed by atoms with Crippen LogP contribution in [-0.2, 0) is 4.74 Å². The van der Waals surface area contributed by atoms with E-state index in [1.54, 1.807) is 0 Å². The van der Waals surface area contributed by atoms with Gasteiger partial charge in [0.05, 0.1) is 6.10 Å². The zero-order chi connectivity index (χ0) is 25.3. The van der Waals surface area contributed by atoms with Crippen molar-refractivity contribution in [1.29, 1.82) is 0 Å². The highest BCUT2D eigenvalue weighted by Gasteiger charge is 2.93. The molecule has 32 heavy (non-hydrogen) atoms. The fourth-order valence-electron chi connectivity index (χ4n) is 3.68. The van der Waals surface area contributed by atoms with E-state index in [0.717, 1.165) is 0 Å². The average molecular weight is 512 g/mol. The molecule has 0 aromatic heterocycles. The summed E-state index contributed by atoms with van der Waals surface area (Å²) in [5.41, 5.74) is 0. The van der Waals surface area contributed by atoms with Gasteiger partial charge >= 0.3 is 41.7 Å². The van der Waals surface area contributed by atoms with Crippen LogP contribution in [0.5, 0.6) is 0 Å². The molecule has 0 aromatic rings. The fraction of sp³-hybridized carbons (Fsp3) is 1.00. The van der Waals surface area contributed by atoms with E-state index in [-0.39, 0.29) is 19.3 Å². The second-order valence-electron chi connectivity index (χ2n) is 7.61. The molecule has 2 rings (SSSR count). The summed E-state index contributed by atoms with van der Waals surface area (Å²) in [5.74, 6) is -48.6. The Bertz CT molecular complexity index is 698. The highest BCUT2D eigenvalue weighted by Crippen LogP contribution is 2.62. The van der Waals surface area contributed by atoms with Gasteiger partial charge in [0, 0.05) is 5.92 Å². The number of fused-ring (bicyclic) bond motifs is 2. The Kier molecular flexibility index (Phi) is 6.28. The zero-order valence-electron chi connectivity index (χ0n) is 15.1. The van der Waals surface area contributed by atoms with E-state index in [1.807, 2.05) is 0 Å². The van der Waals surface area contributed by atoms with Crippen LogP contribution in [0.15, 0.2) is 0 Å². The maximum Gasteiger partial charge on any atom is 0.460 e. The quantitative estimate of drug-likeness (QED) is 0.337. The lowest BCUT2D eigenvalue weighted by molar-refractivity contribution is -0.453. The smallest absolute Gasteiger partial charge is 0.371 e. The molecule has 0 aliphatic heterocycles. The first-order chi connectivity index (χ1) is 14.0. The predicted octanol–water partition coefficient (Wildman–Crippen LogP) is 6.51. The van der Waals surface area contributed by atoms with Gasteiger partial charge in [0.25, 0.3) is 0 Å². The normalized spacial score (nSPS) is 28.5. The molecule has 17 heteroatoms. The third-order valence-electron chi connectivity index (χ3n) is 5.61. The lowest BCUT2D eigenvalue weighted by Gasteiger charge is -2.41. The van der Waals surface area contributed by atoms with Crippen LogP contribution in [0.25, 0.3) is 0 Å². The molecule has 0 amide bonds. The van der Waals surface area contributed by atoms with Crippen LogP contribution in [0.2, 0.25) is 0 Å². The first-order valence-corrected chi connectivity index (χ1v) is 8.56. The SMILES string of the molecule is F[C@H]1[C@H]2CC[C@@H]1[C@@H](OCC(F)(F)C(F)(F)C(F)(F)C(F)(F)C(F)(F)C(F)(F)C(F)(F)F)C2. The van der Waals surface area contributed by atoms with Crippen LogP contribution in [-0.4, -0.2) is 60.6 Å². The molecule has 4 atom stereocenters. The molecular weight excluding hydrogens is 500 g/mol. The summed E-state index contributed by atoms with van der Waals surface area (Å²) in [7, 11) is 0. The Morgan fingerprint density at radius 2 is 1.03 bits per heavy atom. The van der Waals surface area contributed by atoms with Gasteiger partial charge in [-0.2, -0.15) is 65.9 Å². The van der Waals surface area contributed by atoms with Crippen molar-refractivity contribution in [3.63, 3.8) is 0 Å². The second kappa shape index (κ2) is 7.42. The van der Waals surface area contributed by atoms with Crippen molar-refractivity contribution >= 4 is 0 Å². The maximum atomic E-state index is 13.7. The summed E-state index contributed by atoms with van der Waals surface area (Å²) in [6.45, 7) is -2.85. The number of alkyl halides is 16. The third kappa shape index (κ3) is 3.51. The summed E-state index contributed by atoms with van der Waals surface area (Å²) >= 11 is 0. The van der Waals surface area contributed by atoms with Gasteiger partial charge in [-0.05, 0) is 25.2 Å². The number of ether oxygens (including phenoxy) is 1. The molecule has 190 valence electrons. The van der Waals surface area contributed by atoms with Crippen LogP contribution in [0, 0.1) is 11.8 Å². The first kappa shape index (κ1) is 27.1. The second-order valence-corrected chi connectivity index (χ2v) is 7.61. The third-order valence-corrected chi connectivity index (χ3v) is 5.61. The maximum absolute atomic E-state index is 13.7. The Morgan fingerprint density at radius 1 is 0.594 bits per heavy atom. The van der Waals surface area contributed by atoms with Gasteiger partial charge in [0.2, 0.25) is 0 Å². The van der Waals surface area contributed by atoms with Crippen molar-refractivity contribution in [3.8, 4) is 0 Å². The van der Waals surface area contributed by atoms with Gasteiger partial charge in [-0.15, -0.1) is 0 Å². The van der Waals surface area contributed by atoms with E-state index < -0.39 is 72.4 Å². The minimum atomic E-state index is -8.32. The molecule has 2 aliphatic carbocycles. The van der Waals surface area contributed by atoms with Crippen LogP contribution < -0.4 is 0 Å². The summed E-state index contributed by atoms with van der Waals surface area (Å²) in [6.07, 6.45) is -10.9. The number of halogens is 16. The van der Waals surface area contributed by atoms with E-state index in [1.165, 1.54) is 0 Å². The van der Waals surface area contributed by atoms with E-state index in [2.05, 4.69) is 4.74 Å². The van der Waals surface area contributed by atoms with Crippen molar-refractivity contribution in [1.82, 2.24) is 0 Å². The summed E-state index contributed by atoms with van der Waals surface area (Å²) < 4.78 is 214. The van der Waals surface area contributed by atoms with Crippen LogP contribution in [0.4, 0.5) is 70.2 Å². The minimum absolute atomic E-state index is 0.0193. The van der Waals surface area contributed by atoms with Crippen LogP contribution in [0.3, 0.4) is 0 Å². The molecule has 2 bridgehead atoms. The number of hydrogen-bond acceptors (Lipinski definition) is 1. The molecular formula is C15H12F16O. The summed E-state index contributed by atoms with van der Waals surface area (Å²) in [6, 6.07) is 0. The highest BCUT2D eigenvalue weighted by molar-refractivity contribution is 5.13. The Morgan fingerprint density at radius 3 is 1.41 bits per heavy atom. The average Bonchev–Trinajstić information content (AvgIpc) is 3.12. The number of rotatable bonds is 8. The van der Waals surface area contributed by atoms with Gasteiger partial charge in [-0.25, -0.2) is 4.39 Å². The molecule has 0 N–H and O–H groups in total. The van der Waals surface area contributed by atoms with Gasteiger partial charge < -0.3 is 4.74 Å². The molecule has 2 fully saturated rings. The topological polar surface area (TPSA) is 9.23 Å². The van der Waals surface area contributed by atoms with Gasteiger partial charge in [-0.1, -0.05) is 0 Å². The van der Waals surface area contributed by atoms with E-state index >= 15 is 0 Å². The molecule has 2 aliphatic rings. The molecule has 0 saturated heterocycles. The molecule has 0 radical (unpaired) electrons. The Balaban J connectivity index is 2.31. The number of hydrogen-bond donors (Lipinski definition) is 0. The van der Waals surface area contributed by atoms with Crippen molar-refractivity contribution in [2.45, 2.75) is 73.2 Å². The largest absolute Gasteiger partial charge is 0.460 e. The van der Waals surface area contributed by atoms with Crippen LogP contribution in [0.1, 0.15) is 19.3 Å². The summed E-state index contributed by atoms with van der Waals surface area (Å²) in [4.78, 5) is 0. The lowest BCUT2D eigenvalue weighted by atomic mass is 9.91. The van der Waals surface area contributed by atoms with Gasteiger partial charge in [0.1, 0.15) is 12.8 Å². The highest BCUT2D eigenvalue weighted by atomic mass is 19.4. The van der Waals surface area contributed by atoms with E-state index in [0.29, 0.717) is 0 Å². The molecule has 0 spiro atoms. The van der Waals surface area contributed by atoms with Crippen molar-refractivity contribution in [2.24, 2.45) is 11.8 Å². The standard InChI is InChI=1S/C15H12F16O/c16-8-5-1-2-6(8)7(3-5)32-4-9(17,18)10(19,20)11(21,22)12(23,24)13(25,26)14(27,28)15(29,30)31/h5-8H,1-4H2/t5-,6+,7-,8-/m0/s1. The van der Waals surface area contributed by atoms with Gasteiger partial charge in [-0.3, -0.25) is 0 Å². The van der Waals surface area contributed by atoms with Crippen molar-refractivity contribution < 1.29 is 75.0 Å². The predicted molar refractivity (Wildman–Crippen MR) is 71.2 cm³/mol. The van der Waals surface area contributed by atoms with Gasteiger partial charge in [0.15, 0.2) is 0 Å². The molecule has 1 nitrogen and oxygen atoms in total. The Labute approximate surface area is 168 Å². The zero-order valence-corrected chi connectivity index (χ0v) is 15.1. The van der Waals surface area contributed by atoms with E-state index in [9.17, 15) is 70.2 Å². The lowest BCUT2D eigenvalue weighted by Crippen LogP contribution is -2.73. The van der Waals surface area contributed by atoms with Crippen LogP contribution >= 0.6 is 0 Å². The Hall–Kier alpha value is -1.16.